The Balaban J connectivity index is 1.67. The van der Waals surface area contributed by atoms with Gasteiger partial charge in [-0.05, 0) is 54.8 Å². The Labute approximate surface area is 130 Å². The summed E-state index contributed by atoms with van der Waals surface area (Å²) in [6.45, 7) is 2.60. The number of hydrogen-bond donors (Lipinski definition) is 1. The van der Waals surface area contributed by atoms with Gasteiger partial charge in [0.2, 0.25) is 5.91 Å². The minimum atomic E-state index is -0.319. The van der Waals surface area contributed by atoms with Crippen molar-refractivity contribution >= 4 is 11.6 Å². The third kappa shape index (κ3) is 5.20. The van der Waals surface area contributed by atoms with Crippen molar-refractivity contribution in [2.45, 2.75) is 26.2 Å². The second-order valence-corrected chi connectivity index (χ2v) is 5.00. The van der Waals surface area contributed by atoms with E-state index in [9.17, 15) is 9.18 Å². The van der Waals surface area contributed by atoms with Crippen LogP contribution >= 0.6 is 0 Å². The van der Waals surface area contributed by atoms with Crippen LogP contribution < -0.4 is 10.1 Å². The molecule has 2 aromatic carbocycles. The standard InChI is InChI=1S/C18H20FNO2/c1-2-14-5-11-17(12-6-14)22-13-3-4-18(21)20-16-9-7-15(19)8-10-16/h5-12H,2-4,13H2,1H3,(H,20,21). The Morgan fingerprint density at radius 1 is 1.09 bits per heavy atom. The molecule has 0 bridgehead atoms. The Bertz CT molecular complexity index is 593. The summed E-state index contributed by atoms with van der Waals surface area (Å²) in [7, 11) is 0. The lowest BCUT2D eigenvalue weighted by Crippen LogP contribution is -2.12. The maximum Gasteiger partial charge on any atom is 0.224 e. The zero-order chi connectivity index (χ0) is 15.8. The molecule has 0 spiro atoms. The maximum atomic E-state index is 12.8. The van der Waals surface area contributed by atoms with Gasteiger partial charge in [-0.2, -0.15) is 0 Å². The SMILES string of the molecule is CCc1ccc(OCCCC(=O)Nc2ccc(F)cc2)cc1. The van der Waals surface area contributed by atoms with E-state index in [1.54, 1.807) is 12.1 Å². The van der Waals surface area contributed by atoms with E-state index in [4.69, 9.17) is 4.74 Å². The highest BCUT2D eigenvalue weighted by Gasteiger charge is 2.03. The Hall–Kier alpha value is -2.36. The van der Waals surface area contributed by atoms with Gasteiger partial charge < -0.3 is 10.1 Å². The molecule has 22 heavy (non-hydrogen) atoms. The first-order chi connectivity index (χ1) is 10.7. The third-order valence-electron chi connectivity index (χ3n) is 3.28. The molecule has 116 valence electrons. The molecule has 0 radical (unpaired) electrons. The van der Waals surface area contributed by atoms with E-state index >= 15 is 0 Å². The predicted octanol–water partition coefficient (Wildman–Crippen LogP) is 4.19. The van der Waals surface area contributed by atoms with Crippen molar-refractivity contribution < 1.29 is 13.9 Å². The van der Waals surface area contributed by atoms with Crippen LogP contribution in [0.25, 0.3) is 0 Å². The molecule has 2 rings (SSSR count). The summed E-state index contributed by atoms with van der Waals surface area (Å²) in [5, 5.41) is 2.72. The summed E-state index contributed by atoms with van der Waals surface area (Å²) in [6, 6.07) is 13.7. The summed E-state index contributed by atoms with van der Waals surface area (Å²) in [4.78, 5) is 11.7. The van der Waals surface area contributed by atoms with Gasteiger partial charge in [0.15, 0.2) is 0 Å². The number of anilines is 1. The summed E-state index contributed by atoms with van der Waals surface area (Å²) in [5.74, 6) is 0.396. The first-order valence-electron chi connectivity index (χ1n) is 7.44. The molecule has 0 fully saturated rings. The van der Waals surface area contributed by atoms with Gasteiger partial charge in [-0.25, -0.2) is 4.39 Å². The number of carbonyl (C=O) groups is 1. The highest BCUT2D eigenvalue weighted by Crippen LogP contribution is 2.13. The number of benzene rings is 2. The third-order valence-corrected chi connectivity index (χ3v) is 3.28. The maximum absolute atomic E-state index is 12.8. The normalized spacial score (nSPS) is 10.3. The van der Waals surface area contributed by atoms with Gasteiger partial charge in [-0.3, -0.25) is 4.79 Å². The van der Waals surface area contributed by atoms with Crippen molar-refractivity contribution in [1.82, 2.24) is 0 Å². The molecule has 0 unspecified atom stereocenters. The number of ether oxygens (including phenoxy) is 1. The molecule has 0 saturated carbocycles. The predicted molar refractivity (Wildman–Crippen MR) is 85.6 cm³/mol. The van der Waals surface area contributed by atoms with Gasteiger partial charge in [0, 0.05) is 12.1 Å². The molecular formula is C18H20FNO2. The van der Waals surface area contributed by atoms with Gasteiger partial charge in [-0.1, -0.05) is 19.1 Å². The minimum Gasteiger partial charge on any atom is -0.494 e. The highest BCUT2D eigenvalue weighted by atomic mass is 19.1. The highest BCUT2D eigenvalue weighted by molar-refractivity contribution is 5.90. The van der Waals surface area contributed by atoms with Gasteiger partial charge in [0.25, 0.3) is 0 Å². The van der Waals surface area contributed by atoms with Crippen molar-refractivity contribution in [2.75, 3.05) is 11.9 Å². The lowest BCUT2D eigenvalue weighted by molar-refractivity contribution is -0.116. The summed E-state index contributed by atoms with van der Waals surface area (Å²) in [5.41, 5.74) is 1.87. The number of rotatable bonds is 7. The fraction of sp³-hybridized carbons (Fsp3) is 0.278. The van der Waals surface area contributed by atoms with Crippen LogP contribution in [-0.4, -0.2) is 12.5 Å². The zero-order valence-corrected chi connectivity index (χ0v) is 12.6. The van der Waals surface area contributed by atoms with Gasteiger partial charge in [-0.15, -0.1) is 0 Å². The molecule has 0 saturated heterocycles. The molecule has 1 N–H and O–H groups in total. The van der Waals surface area contributed by atoms with Crippen LogP contribution in [0.1, 0.15) is 25.3 Å². The van der Waals surface area contributed by atoms with E-state index in [1.807, 2.05) is 24.3 Å². The smallest absolute Gasteiger partial charge is 0.224 e. The summed E-state index contributed by atoms with van der Waals surface area (Å²) >= 11 is 0. The number of hydrogen-bond acceptors (Lipinski definition) is 2. The summed E-state index contributed by atoms with van der Waals surface area (Å²) in [6.07, 6.45) is 2.00. The number of amides is 1. The molecule has 1 amide bonds. The average Bonchev–Trinajstić information content (AvgIpc) is 2.54. The summed E-state index contributed by atoms with van der Waals surface area (Å²) < 4.78 is 18.3. The molecular weight excluding hydrogens is 281 g/mol. The molecule has 0 aromatic heterocycles. The van der Waals surface area contributed by atoms with Crippen molar-refractivity contribution in [3.05, 3.63) is 59.9 Å². The molecule has 0 aliphatic carbocycles. The molecule has 3 nitrogen and oxygen atoms in total. The van der Waals surface area contributed by atoms with Crippen LogP contribution in [0.4, 0.5) is 10.1 Å². The molecule has 0 atom stereocenters. The number of halogens is 1. The van der Waals surface area contributed by atoms with Crippen LogP contribution in [0.2, 0.25) is 0 Å². The minimum absolute atomic E-state index is 0.100. The van der Waals surface area contributed by atoms with Gasteiger partial charge in [0.05, 0.1) is 6.61 Å². The topological polar surface area (TPSA) is 38.3 Å². The monoisotopic (exact) mass is 301 g/mol. The van der Waals surface area contributed by atoms with Crippen LogP contribution in [0.5, 0.6) is 5.75 Å². The molecule has 0 aliphatic heterocycles. The zero-order valence-electron chi connectivity index (χ0n) is 12.6. The molecule has 0 aliphatic rings. The largest absolute Gasteiger partial charge is 0.494 e. The number of nitrogens with one attached hydrogen (secondary N) is 1. The first-order valence-corrected chi connectivity index (χ1v) is 7.44. The Kier molecular flexibility index (Phi) is 5.95. The van der Waals surface area contributed by atoms with E-state index in [2.05, 4.69) is 12.2 Å². The fourth-order valence-electron chi connectivity index (χ4n) is 2.00. The lowest BCUT2D eigenvalue weighted by atomic mass is 10.2. The van der Waals surface area contributed by atoms with E-state index in [0.29, 0.717) is 25.1 Å². The molecule has 4 heteroatoms. The van der Waals surface area contributed by atoms with Crippen LogP contribution in [-0.2, 0) is 11.2 Å². The fourth-order valence-corrected chi connectivity index (χ4v) is 2.00. The molecule has 0 heterocycles. The van der Waals surface area contributed by atoms with Crippen molar-refractivity contribution in [3.63, 3.8) is 0 Å². The van der Waals surface area contributed by atoms with E-state index in [0.717, 1.165) is 12.2 Å². The van der Waals surface area contributed by atoms with Gasteiger partial charge >= 0.3 is 0 Å². The van der Waals surface area contributed by atoms with E-state index < -0.39 is 0 Å². The Morgan fingerprint density at radius 2 is 1.77 bits per heavy atom. The Morgan fingerprint density at radius 3 is 2.41 bits per heavy atom. The van der Waals surface area contributed by atoms with Crippen LogP contribution in [0.15, 0.2) is 48.5 Å². The average molecular weight is 301 g/mol. The number of aryl methyl sites for hydroxylation is 1. The van der Waals surface area contributed by atoms with E-state index in [-0.39, 0.29) is 11.7 Å². The van der Waals surface area contributed by atoms with Crippen molar-refractivity contribution in [1.29, 1.82) is 0 Å². The van der Waals surface area contributed by atoms with Gasteiger partial charge in [0.1, 0.15) is 11.6 Å². The van der Waals surface area contributed by atoms with Crippen molar-refractivity contribution in [3.8, 4) is 5.75 Å². The molecule has 2 aromatic rings. The first kappa shape index (κ1) is 16.0. The quantitative estimate of drug-likeness (QED) is 0.779. The second kappa shape index (κ2) is 8.17. The number of carbonyl (C=O) groups excluding carboxylic acids is 1. The van der Waals surface area contributed by atoms with Crippen LogP contribution in [0.3, 0.4) is 0 Å². The second-order valence-electron chi connectivity index (χ2n) is 5.00. The lowest BCUT2D eigenvalue weighted by Gasteiger charge is -2.07. The van der Waals surface area contributed by atoms with E-state index in [1.165, 1.54) is 17.7 Å². The van der Waals surface area contributed by atoms with Crippen LogP contribution in [0, 0.1) is 5.82 Å². The van der Waals surface area contributed by atoms with Crippen molar-refractivity contribution in [2.24, 2.45) is 0 Å².